The second-order valence-electron chi connectivity index (χ2n) is 7.99. The Hall–Kier alpha value is -2.73. The Balaban J connectivity index is 2.06. The van der Waals surface area contributed by atoms with Gasteiger partial charge in [0.1, 0.15) is 6.54 Å². The fourth-order valence-corrected chi connectivity index (χ4v) is 4.76. The average molecular weight is 425 g/mol. The molecule has 1 amide bonds. The summed E-state index contributed by atoms with van der Waals surface area (Å²) >= 11 is 1.43. The summed E-state index contributed by atoms with van der Waals surface area (Å²) in [5, 5.41) is 0. The van der Waals surface area contributed by atoms with Gasteiger partial charge in [-0.25, -0.2) is 0 Å². The van der Waals surface area contributed by atoms with Crippen molar-refractivity contribution >= 4 is 33.4 Å². The number of amides is 1. The molecule has 158 valence electrons. The smallest absolute Gasteiger partial charge is 0.325 e. The van der Waals surface area contributed by atoms with Crippen molar-refractivity contribution in [3.63, 3.8) is 0 Å². The highest BCUT2D eigenvalue weighted by Gasteiger charge is 2.14. The number of hydrogen-bond donors (Lipinski definition) is 0. The van der Waals surface area contributed by atoms with E-state index >= 15 is 0 Å². The molecule has 0 spiro atoms. The molecule has 0 aliphatic heterocycles. The Morgan fingerprint density at radius 3 is 2.37 bits per heavy atom. The van der Waals surface area contributed by atoms with Crippen LogP contribution in [0.25, 0.3) is 10.2 Å². The van der Waals surface area contributed by atoms with Crippen molar-refractivity contribution in [1.82, 2.24) is 4.57 Å². The van der Waals surface area contributed by atoms with Gasteiger partial charge in [-0.15, -0.1) is 0 Å². The minimum atomic E-state index is -0.373. The number of fused-ring (bicyclic) bond motifs is 1. The molecule has 0 N–H and O–H groups in total. The van der Waals surface area contributed by atoms with Gasteiger partial charge in [0.15, 0.2) is 4.80 Å². The molecule has 0 unspecified atom stereocenters. The highest BCUT2D eigenvalue weighted by atomic mass is 32.1. The number of nitrogens with zero attached hydrogens (tertiary/aromatic N) is 2. The van der Waals surface area contributed by atoms with E-state index in [1.54, 1.807) is 4.57 Å². The van der Waals surface area contributed by atoms with Crippen LogP contribution < -0.4 is 4.80 Å². The number of aromatic nitrogens is 1. The fraction of sp³-hybridized carbons (Fsp3) is 0.375. The number of thiazole rings is 1. The molecule has 3 rings (SSSR count). The Morgan fingerprint density at radius 2 is 1.77 bits per heavy atom. The van der Waals surface area contributed by atoms with E-state index in [9.17, 15) is 9.59 Å². The molecule has 0 atom stereocenters. The van der Waals surface area contributed by atoms with Crippen molar-refractivity contribution < 1.29 is 14.3 Å². The van der Waals surface area contributed by atoms with Crippen LogP contribution >= 0.6 is 11.3 Å². The molecule has 0 saturated heterocycles. The van der Waals surface area contributed by atoms with E-state index in [4.69, 9.17) is 4.74 Å². The Morgan fingerprint density at radius 1 is 1.10 bits per heavy atom. The monoisotopic (exact) mass is 424 g/mol. The molecule has 30 heavy (non-hydrogen) atoms. The van der Waals surface area contributed by atoms with E-state index in [0.29, 0.717) is 10.7 Å². The first kappa shape index (κ1) is 22.0. The van der Waals surface area contributed by atoms with Gasteiger partial charge in [-0.3, -0.25) is 9.59 Å². The van der Waals surface area contributed by atoms with Gasteiger partial charge in [-0.05, 0) is 61.1 Å². The van der Waals surface area contributed by atoms with Gasteiger partial charge in [0.2, 0.25) is 0 Å². The maximum atomic E-state index is 12.8. The van der Waals surface area contributed by atoms with Crippen LogP contribution in [0.1, 0.15) is 47.6 Å². The molecule has 0 radical (unpaired) electrons. The molecule has 0 bridgehead atoms. The summed E-state index contributed by atoms with van der Waals surface area (Å²) in [5.41, 5.74) is 6.46. The summed E-state index contributed by atoms with van der Waals surface area (Å²) < 4.78 is 7.62. The Kier molecular flexibility index (Phi) is 6.56. The summed E-state index contributed by atoms with van der Waals surface area (Å²) in [6, 6.07) is 10.3. The summed E-state index contributed by atoms with van der Waals surface area (Å²) in [4.78, 5) is 29.7. The van der Waals surface area contributed by atoms with Crippen molar-refractivity contribution in [2.45, 2.75) is 53.5 Å². The predicted octanol–water partition coefficient (Wildman–Crippen LogP) is 4.59. The van der Waals surface area contributed by atoms with E-state index in [1.165, 1.54) is 29.6 Å². The van der Waals surface area contributed by atoms with Crippen LogP contribution in [-0.2, 0) is 27.3 Å². The zero-order chi connectivity index (χ0) is 22.0. The number of methoxy groups -OCH3 is 1. The first-order valence-electron chi connectivity index (χ1n) is 10.0. The van der Waals surface area contributed by atoms with Crippen LogP contribution in [0.15, 0.2) is 35.3 Å². The number of esters is 1. The summed E-state index contributed by atoms with van der Waals surface area (Å²) in [7, 11) is 1.36. The van der Waals surface area contributed by atoms with E-state index in [1.807, 2.05) is 26.8 Å². The minimum absolute atomic E-state index is 0.0201. The molecule has 6 heteroatoms. The maximum absolute atomic E-state index is 12.8. The second kappa shape index (κ2) is 8.96. The number of carbonyl (C=O) groups is 2. The molecular formula is C24H28N2O3S. The molecule has 1 aromatic heterocycles. The normalized spacial score (nSPS) is 12.0. The average Bonchev–Trinajstić information content (AvgIpc) is 3.00. The number of carbonyl (C=O) groups excluding carboxylic acids is 2. The quantitative estimate of drug-likeness (QED) is 0.563. The van der Waals surface area contributed by atoms with Gasteiger partial charge in [0.05, 0.1) is 23.7 Å². The molecular weight excluding hydrogens is 396 g/mol. The third-order valence-electron chi connectivity index (χ3n) is 5.28. The zero-order valence-corrected chi connectivity index (χ0v) is 19.2. The molecule has 2 aromatic carbocycles. The first-order valence-corrected chi connectivity index (χ1v) is 10.9. The van der Waals surface area contributed by atoms with E-state index in [2.05, 4.69) is 43.1 Å². The fourth-order valence-electron chi connectivity index (χ4n) is 3.67. The van der Waals surface area contributed by atoms with Crippen LogP contribution in [0, 0.1) is 20.8 Å². The van der Waals surface area contributed by atoms with Gasteiger partial charge >= 0.3 is 5.97 Å². The van der Waals surface area contributed by atoms with Crippen LogP contribution in [0.4, 0.5) is 0 Å². The highest BCUT2D eigenvalue weighted by molar-refractivity contribution is 7.16. The number of benzene rings is 2. The van der Waals surface area contributed by atoms with Crippen molar-refractivity contribution in [2.75, 3.05) is 7.11 Å². The number of aryl methyl sites for hydroxylation is 3. The second-order valence-corrected chi connectivity index (χ2v) is 9.00. The van der Waals surface area contributed by atoms with Gasteiger partial charge in [0.25, 0.3) is 5.91 Å². The summed E-state index contributed by atoms with van der Waals surface area (Å²) in [5.74, 6) is -0.207. The molecule has 0 aliphatic carbocycles. The minimum Gasteiger partial charge on any atom is -0.468 e. The Bertz CT molecular complexity index is 1160. The SMILES string of the molecule is COC(=O)Cn1c(=NC(=O)Cc2c(C)cc(C)cc2C)sc2cc(C(C)C)ccc21. The summed E-state index contributed by atoms with van der Waals surface area (Å²) in [6.07, 6.45) is 0.238. The van der Waals surface area contributed by atoms with Crippen molar-refractivity contribution in [3.05, 3.63) is 63.0 Å². The standard InChI is InChI=1S/C24H28N2O3S/c1-14(2)18-7-8-20-21(11-18)30-24(26(20)13-23(28)29-6)25-22(27)12-19-16(4)9-15(3)10-17(19)5/h7-11,14H,12-13H2,1-6H3. The molecule has 3 aromatic rings. The van der Waals surface area contributed by atoms with Gasteiger partial charge in [-0.1, -0.05) is 48.9 Å². The predicted molar refractivity (Wildman–Crippen MR) is 121 cm³/mol. The van der Waals surface area contributed by atoms with Crippen molar-refractivity contribution in [2.24, 2.45) is 4.99 Å². The lowest BCUT2D eigenvalue weighted by Crippen LogP contribution is -2.22. The molecule has 0 saturated carbocycles. The number of hydrogen-bond acceptors (Lipinski definition) is 4. The van der Waals surface area contributed by atoms with E-state index < -0.39 is 0 Å². The Labute approximate surface area is 181 Å². The third-order valence-corrected chi connectivity index (χ3v) is 6.32. The topological polar surface area (TPSA) is 60.7 Å². The maximum Gasteiger partial charge on any atom is 0.325 e. The van der Waals surface area contributed by atoms with Gasteiger partial charge in [-0.2, -0.15) is 4.99 Å². The molecule has 0 aliphatic rings. The van der Waals surface area contributed by atoms with E-state index in [-0.39, 0.29) is 24.8 Å². The number of ether oxygens (including phenoxy) is 1. The van der Waals surface area contributed by atoms with Gasteiger partial charge in [0, 0.05) is 0 Å². The third kappa shape index (κ3) is 4.70. The molecule has 0 fully saturated rings. The van der Waals surface area contributed by atoms with Crippen LogP contribution in [-0.4, -0.2) is 23.6 Å². The lowest BCUT2D eigenvalue weighted by atomic mass is 9.97. The summed E-state index contributed by atoms with van der Waals surface area (Å²) in [6.45, 7) is 10.4. The number of rotatable bonds is 5. The van der Waals surface area contributed by atoms with Gasteiger partial charge < -0.3 is 9.30 Å². The van der Waals surface area contributed by atoms with Crippen molar-refractivity contribution in [3.8, 4) is 0 Å². The van der Waals surface area contributed by atoms with E-state index in [0.717, 1.165) is 26.9 Å². The first-order chi connectivity index (χ1) is 14.2. The highest BCUT2D eigenvalue weighted by Crippen LogP contribution is 2.24. The van der Waals surface area contributed by atoms with Crippen molar-refractivity contribution in [1.29, 1.82) is 0 Å². The van der Waals surface area contributed by atoms with Crippen LogP contribution in [0.5, 0.6) is 0 Å². The lowest BCUT2D eigenvalue weighted by Gasteiger charge is -2.09. The van der Waals surface area contributed by atoms with Crippen LogP contribution in [0.3, 0.4) is 0 Å². The van der Waals surface area contributed by atoms with Crippen LogP contribution in [0.2, 0.25) is 0 Å². The lowest BCUT2D eigenvalue weighted by molar-refractivity contribution is -0.141. The molecule has 5 nitrogen and oxygen atoms in total. The zero-order valence-electron chi connectivity index (χ0n) is 18.4. The largest absolute Gasteiger partial charge is 0.468 e. The molecule has 1 heterocycles.